The van der Waals surface area contributed by atoms with Gasteiger partial charge in [0.25, 0.3) is 0 Å². The number of para-hydroxylation sites is 1. The number of carbonyl (C=O) groups is 1. The first-order valence-electron chi connectivity index (χ1n) is 13.2. The first kappa shape index (κ1) is 20.9. The molecule has 4 fully saturated rings. The Morgan fingerprint density at radius 2 is 1.78 bits per heavy atom. The van der Waals surface area contributed by atoms with Crippen LogP contribution in [0.15, 0.2) is 24.3 Å². The minimum Gasteiger partial charge on any atom is -0.297 e. The van der Waals surface area contributed by atoms with E-state index in [0.29, 0.717) is 17.7 Å². The zero-order valence-electron chi connectivity index (χ0n) is 20.1. The fourth-order valence-electron chi connectivity index (χ4n) is 9.29. The molecule has 0 saturated heterocycles. The maximum absolute atomic E-state index is 13.6. The van der Waals surface area contributed by atoms with Gasteiger partial charge in [-0.05, 0) is 104 Å². The van der Waals surface area contributed by atoms with Crippen LogP contribution in [0.4, 0.5) is 0 Å². The van der Waals surface area contributed by atoms with Crippen LogP contribution in [0.5, 0.6) is 0 Å². The van der Waals surface area contributed by atoms with Gasteiger partial charge in [-0.1, -0.05) is 44.5 Å². The van der Waals surface area contributed by atoms with Crippen LogP contribution in [0.25, 0.3) is 11.0 Å². The predicted octanol–water partition coefficient (Wildman–Crippen LogP) is 6.30. The van der Waals surface area contributed by atoms with Gasteiger partial charge in [0.05, 0.1) is 5.52 Å². The quantitative estimate of drug-likeness (QED) is 0.571. The highest BCUT2D eigenvalue weighted by Gasteiger charge is 2.60. The van der Waals surface area contributed by atoms with Crippen molar-refractivity contribution in [2.45, 2.75) is 85.1 Å². The number of hydrogen-bond donors (Lipinski definition) is 0. The summed E-state index contributed by atoms with van der Waals surface area (Å²) in [5.41, 5.74) is 2.59. The average molecular weight is 434 g/mol. The first-order valence-corrected chi connectivity index (χ1v) is 13.2. The Labute approximate surface area is 192 Å². The zero-order chi connectivity index (χ0) is 22.1. The van der Waals surface area contributed by atoms with E-state index in [1.165, 1.54) is 51.4 Å². The van der Waals surface area contributed by atoms with Crippen molar-refractivity contribution < 1.29 is 4.79 Å². The molecular weight excluding hydrogens is 394 g/mol. The Kier molecular flexibility index (Phi) is 4.82. The van der Waals surface area contributed by atoms with Crippen LogP contribution in [0, 0.1) is 46.3 Å². The molecule has 1 heterocycles. The van der Waals surface area contributed by atoms with Crippen molar-refractivity contribution in [2.24, 2.45) is 46.3 Å². The van der Waals surface area contributed by atoms with Crippen molar-refractivity contribution in [3.05, 3.63) is 24.3 Å². The number of aromatic nitrogens is 3. The molecule has 4 aliphatic rings. The molecule has 32 heavy (non-hydrogen) atoms. The van der Waals surface area contributed by atoms with Crippen LogP contribution in [-0.4, -0.2) is 20.8 Å². The van der Waals surface area contributed by atoms with E-state index in [0.717, 1.165) is 47.0 Å². The highest BCUT2D eigenvalue weighted by molar-refractivity contribution is 5.84. The SMILES string of the molecule is C[C@H]1CC[C@@]2(C)C(CCC3C4CC[C@H](C(=O)Cn5nnc6ccccc65)C4(C)CCC32)C1. The molecule has 4 heteroatoms. The van der Waals surface area contributed by atoms with E-state index in [2.05, 4.69) is 31.1 Å². The molecule has 172 valence electrons. The number of carbonyl (C=O) groups excluding carboxylic acids is 1. The minimum absolute atomic E-state index is 0.180. The Balaban J connectivity index is 1.22. The lowest BCUT2D eigenvalue weighted by molar-refractivity contribution is -0.137. The van der Waals surface area contributed by atoms with Gasteiger partial charge in [-0.25, -0.2) is 4.68 Å². The van der Waals surface area contributed by atoms with E-state index in [1.54, 1.807) is 0 Å². The monoisotopic (exact) mass is 433 g/mol. The van der Waals surface area contributed by atoms with Crippen LogP contribution < -0.4 is 0 Å². The number of ketones is 1. The van der Waals surface area contributed by atoms with Gasteiger partial charge in [0, 0.05) is 5.92 Å². The number of fused-ring (bicyclic) bond motifs is 6. The first-order chi connectivity index (χ1) is 15.4. The Morgan fingerprint density at radius 3 is 2.66 bits per heavy atom. The fourth-order valence-corrected chi connectivity index (χ4v) is 9.29. The van der Waals surface area contributed by atoms with Gasteiger partial charge in [-0.3, -0.25) is 4.79 Å². The van der Waals surface area contributed by atoms with E-state index in [4.69, 9.17) is 0 Å². The largest absolute Gasteiger partial charge is 0.297 e. The molecular formula is C28H39N3O. The highest BCUT2D eigenvalue weighted by Crippen LogP contribution is 2.67. The van der Waals surface area contributed by atoms with Crippen molar-refractivity contribution in [1.82, 2.24) is 15.0 Å². The van der Waals surface area contributed by atoms with Crippen molar-refractivity contribution in [1.29, 1.82) is 0 Å². The molecule has 1 aromatic carbocycles. The summed E-state index contributed by atoms with van der Waals surface area (Å²) in [6, 6.07) is 7.98. The maximum Gasteiger partial charge on any atom is 0.157 e. The summed E-state index contributed by atoms with van der Waals surface area (Å²) in [6.07, 6.45) is 12.1. The number of rotatable bonds is 3. The molecule has 0 aliphatic heterocycles. The summed E-state index contributed by atoms with van der Waals surface area (Å²) in [5.74, 6) is 4.90. The fraction of sp³-hybridized carbons (Fsp3) is 0.750. The van der Waals surface area contributed by atoms with Gasteiger partial charge < -0.3 is 0 Å². The third kappa shape index (κ3) is 2.97. The molecule has 0 N–H and O–H groups in total. The van der Waals surface area contributed by atoms with Gasteiger partial charge in [0.1, 0.15) is 12.1 Å². The van der Waals surface area contributed by atoms with Crippen LogP contribution >= 0.6 is 0 Å². The molecule has 0 amide bonds. The van der Waals surface area contributed by atoms with Crippen LogP contribution in [0.1, 0.15) is 78.6 Å². The van der Waals surface area contributed by atoms with Crippen LogP contribution in [-0.2, 0) is 11.3 Å². The zero-order valence-corrected chi connectivity index (χ0v) is 20.1. The normalized spacial score (nSPS) is 43.5. The summed E-state index contributed by atoms with van der Waals surface area (Å²) >= 11 is 0. The average Bonchev–Trinajstić information content (AvgIpc) is 3.35. The number of hydrogen-bond acceptors (Lipinski definition) is 3. The maximum atomic E-state index is 13.6. The second-order valence-corrected chi connectivity index (χ2v) is 12.4. The van der Waals surface area contributed by atoms with Crippen molar-refractivity contribution in [3.63, 3.8) is 0 Å². The third-order valence-corrected chi connectivity index (χ3v) is 11.0. The third-order valence-electron chi connectivity index (χ3n) is 11.0. The van der Waals surface area contributed by atoms with E-state index in [-0.39, 0.29) is 11.3 Å². The lowest BCUT2D eigenvalue weighted by Gasteiger charge is -2.61. The molecule has 6 rings (SSSR count). The van der Waals surface area contributed by atoms with Gasteiger partial charge in [0.15, 0.2) is 5.78 Å². The Bertz CT molecular complexity index is 1030. The predicted molar refractivity (Wildman–Crippen MR) is 127 cm³/mol. The molecule has 2 aromatic rings. The summed E-state index contributed by atoms with van der Waals surface area (Å²) in [4.78, 5) is 13.6. The van der Waals surface area contributed by atoms with Crippen LogP contribution in [0.3, 0.4) is 0 Å². The van der Waals surface area contributed by atoms with E-state index in [1.807, 2.05) is 28.9 Å². The molecule has 4 nitrogen and oxygen atoms in total. The number of Topliss-reactive ketones (excluding diaryl/α,β-unsaturated/α-hetero) is 1. The van der Waals surface area contributed by atoms with Crippen molar-refractivity contribution in [3.8, 4) is 0 Å². The standard InChI is InChI=1S/C28H39N3O/c1-18-12-14-27(2)19(16-18)8-9-20-21-10-11-23(28(21,3)15-13-22(20)27)26(32)17-31-25-7-5-4-6-24(25)29-30-31/h4-7,18-23H,8-17H2,1-3H3/t18-,19?,20?,21?,22?,23+,27-,28?/m0/s1. The van der Waals surface area contributed by atoms with Gasteiger partial charge in [-0.15, -0.1) is 5.10 Å². The molecule has 8 atom stereocenters. The lowest BCUT2D eigenvalue weighted by atomic mass is 9.44. The smallest absolute Gasteiger partial charge is 0.157 e. The van der Waals surface area contributed by atoms with Gasteiger partial charge >= 0.3 is 0 Å². The summed E-state index contributed by atoms with van der Waals surface area (Å²) in [6.45, 7) is 7.96. The van der Waals surface area contributed by atoms with E-state index in [9.17, 15) is 4.79 Å². The molecule has 0 radical (unpaired) electrons. The van der Waals surface area contributed by atoms with Gasteiger partial charge in [0.2, 0.25) is 0 Å². The minimum atomic E-state index is 0.180. The summed E-state index contributed by atoms with van der Waals surface area (Å²) < 4.78 is 1.83. The molecule has 5 unspecified atom stereocenters. The van der Waals surface area contributed by atoms with Crippen LogP contribution in [0.2, 0.25) is 0 Å². The van der Waals surface area contributed by atoms with Crippen molar-refractivity contribution >= 4 is 16.8 Å². The Morgan fingerprint density at radius 1 is 1.00 bits per heavy atom. The molecule has 4 saturated carbocycles. The number of benzene rings is 1. The highest BCUT2D eigenvalue weighted by atomic mass is 16.1. The van der Waals surface area contributed by atoms with E-state index < -0.39 is 0 Å². The molecule has 4 aliphatic carbocycles. The summed E-state index contributed by atoms with van der Waals surface area (Å²) in [7, 11) is 0. The second-order valence-electron chi connectivity index (χ2n) is 12.4. The van der Waals surface area contributed by atoms with Gasteiger partial charge in [-0.2, -0.15) is 0 Å². The summed E-state index contributed by atoms with van der Waals surface area (Å²) in [5, 5.41) is 8.57. The Hall–Kier alpha value is -1.71. The van der Waals surface area contributed by atoms with Crippen molar-refractivity contribution in [2.75, 3.05) is 0 Å². The lowest BCUT2D eigenvalue weighted by Crippen LogP contribution is -2.53. The van der Waals surface area contributed by atoms with E-state index >= 15 is 0 Å². The second kappa shape index (κ2) is 7.40. The molecule has 0 bridgehead atoms. The molecule has 1 aromatic heterocycles. The molecule has 0 spiro atoms. The topological polar surface area (TPSA) is 47.8 Å². The number of nitrogens with zero attached hydrogens (tertiary/aromatic N) is 3.